The van der Waals surface area contributed by atoms with Crippen molar-refractivity contribution < 1.29 is 9.47 Å². The third-order valence-electron chi connectivity index (χ3n) is 2.88. The van der Waals surface area contributed by atoms with E-state index in [0.717, 1.165) is 17.5 Å². The molecule has 0 radical (unpaired) electrons. The number of thiocarbonyl (C=S) groups is 1. The van der Waals surface area contributed by atoms with Gasteiger partial charge in [0.05, 0.1) is 12.2 Å². The molecule has 0 saturated heterocycles. The normalized spacial score (nSPS) is 11.5. The van der Waals surface area contributed by atoms with Gasteiger partial charge < -0.3 is 15.2 Å². The highest BCUT2D eigenvalue weighted by Gasteiger charge is 2.15. The summed E-state index contributed by atoms with van der Waals surface area (Å²) in [6, 6.07) is 7.80. The van der Waals surface area contributed by atoms with Gasteiger partial charge in [0.15, 0.2) is 0 Å². The Morgan fingerprint density at radius 2 is 2.11 bits per heavy atom. The zero-order valence-corrected chi connectivity index (χ0v) is 12.0. The van der Waals surface area contributed by atoms with Crippen molar-refractivity contribution in [2.24, 2.45) is 5.73 Å². The van der Waals surface area contributed by atoms with E-state index in [1.165, 1.54) is 0 Å². The third-order valence-corrected chi connectivity index (χ3v) is 3.12. The number of hydrogen-bond acceptors (Lipinski definition) is 3. The van der Waals surface area contributed by atoms with Crippen LogP contribution in [0.2, 0.25) is 0 Å². The van der Waals surface area contributed by atoms with Gasteiger partial charge >= 0.3 is 0 Å². The van der Waals surface area contributed by atoms with Gasteiger partial charge in [-0.2, -0.15) is 0 Å². The van der Waals surface area contributed by atoms with E-state index in [9.17, 15) is 0 Å². The summed E-state index contributed by atoms with van der Waals surface area (Å²) >= 11 is 4.94. The summed E-state index contributed by atoms with van der Waals surface area (Å²) in [6.45, 7) is 5.32. The molecular weight excluding hydrogens is 246 g/mol. The minimum absolute atomic E-state index is 0.138. The summed E-state index contributed by atoms with van der Waals surface area (Å²) in [5.74, 6) is 0. The Morgan fingerprint density at radius 1 is 1.39 bits per heavy atom. The molecule has 0 saturated carbocycles. The van der Waals surface area contributed by atoms with Crippen molar-refractivity contribution in [3.63, 3.8) is 0 Å². The van der Waals surface area contributed by atoms with Crippen molar-refractivity contribution in [2.45, 2.75) is 32.5 Å². The van der Waals surface area contributed by atoms with E-state index in [2.05, 4.69) is 0 Å². The zero-order chi connectivity index (χ0) is 13.6. The monoisotopic (exact) mass is 267 g/mol. The molecular formula is C14H21NO2S. The van der Waals surface area contributed by atoms with Crippen molar-refractivity contribution in [3.8, 4) is 0 Å². The van der Waals surface area contributed by atoms with Gasteiger partial charge in [0, 0.05) is 19.3 Å². The molecule has 0 aliphatic rings. The Morgan fingerprint density at radius 3 is 2.72 bits per heavy atom. The van der Waals surface area contributed by atoms with Crippen LogP contribution in [-0.2, 0) is 16.1 Å². The molecule has 1 aromatic rings. The molecule has 0 unspecified atom stereocenters. The lowest BCUT2D eigenvalue weighted by atomic mass is 10.1. The van der Waals surface area contributed by atoms with Crippen molar-refractivity contribution in [1.29, 1.82) is 0 Å². The number of hydrogen-bond donors (Lipinski definition) is 1. The largest absolute Gasteiger partial charge is 0.389 e. The van der Waals surface area contributed by atoms with Gasteiger partial charge in [-0.3, -0.25) is 0 Å². The molecule has 0 amide bonds. The summed E-state index contributed by atoms with van der Waals surface area (Å²) in [6.07, 6.45) is 0.860. The fourth-order valence-electron chi connectivity index (χ4n) is 1.42. The van der Waals surface area contributed by atoms with Crippen LogP contribution in [0.4, 0.5) is 0 Å². The van der Waals surface area contributed by atoms with Gasteiger partial charge in [0.2, 0.25) is 0 Å². The van der Waals surface area contributed by atoms with E-state index in [-0.39, 0.29) is 5.60 Å². The Kier molecular flexibility index (Phi) is 5.72. The molecule has 0 aliphatic heterocycles. The van der Waals surface area contributed by atoms with Crippen LogP contribution in [0.15, 0.2) is 24.3 Å². The van der Waals surface area contributed by atoms with Crippen LogP contribution in [0.5, 0.6) is 0 Å². The molecule has 0 bridgehead atoms. The predicted molar refractivity (Wildman–Crippen MR) is 77.7 cm³/mol. The summed E-state index contributed by atoms with van der Waals surface area (Å²) < 4.78 is 11.0. The van der Waals surface area contributed by atoms with E-state index >= 15 is 0 Å². The smallest absolute Gasteiger partial charge is 0.103 e. The summed E-state index contributed by atoms with van der Waals surface area (Å²) in [5.41, 5.74) is 7.41. The summed E-state index contributed by atoms with van der Waals surface area (Å²) in [7, 11) is 1.71. The maximum atomic E-state index is 5.63. The fraction of sp³-hybridized carbons (Fsp3) is 0.500. The lowest BCUT2D eigenvalue weighted by Crippen LogP contribution is -2.24. The zero-order valence-electron chi connectivity index (χ0n) is 11.2. The maximum absolute atomic E-state index is 5.63. The Bertz CT molecular complexity index is 405. The van der Waals surface area contributed by atoms with Crippen LogP contribution in [0.25, 0.3) is 0 Å². The highest BCUT2D eigenvalue weighted by atomic mass is 32.1. The Balaban J connectivity index is 2.40. The third kappa shape index (κ3) is 5.12. The predicted octanol–water partition coefficient (Wildman–Crippen LogP) is 2.65. The minimum Gasteiger partial charge on any atom is -0.389 e. The van der Waals surface area contributed by atoms with Crippen molar-refractivity contribution in [1.82, 2.24) is 0 Å². The van der Waals surface area contributed by atoms with Crippen molar-refractivity contribution in [3.05, 3.63) is 35.4 Å². The lowest BCUT2D eigenvalue weighted by Gasteiger charge is -2.22. The SMILES string of the molecule is COC(C)(C)CCOCc1cccc(C(N)=S)c1. The first kappa shape index (κ1) is 15.1. The van der Waals surface area contributed by atoms with Crippen LogP contribution < -0.4 is 5.73 Å². The maximum Gasteiger partial charge on any atom is 0.103 e. The molecule has 0 spiro atoms. The average molecular weight is 267 g/mol. The van der Waals surface area contributed by atoms with Crippen molar-refractivity contribution in [2.75, 3.05) is 13.7 Å². The van der Waals surface area contributed by atoms with Crippen LogP contribution in [-0.4, -0.2) is 24.3 Å². The van der Waals surface area contributed by atoms with Gasteiger partial charge in [0.25, 0.3) is 0 Å². The molecule has 100 valence electrons. The van der Waals surface area contributed by atoms with Gasteiger partial charge in [-0.15, -0.1) is 0 Å². The molecule has 1 rings (SSSR count). The second-order valence-electron chi connectivity index (χ2n) is 4.83. The number of nitrogens with two attached hydrogens (primary N) is 1. The van der Waals surface area contributed by atoms with Crippen LogP contribution >= 0.6 is 12.2 Å². The van der Waals surface area contributed by atoms with Gasteiger partial charge in [0.1, 0.15) is 4.99 Å². The highest BCUT2D eigenvalue weighted by molar-refractivity contribution is 7.80. The fourth-order valence-corrected chi connectivity index (χ4v) is 1.55. The van der Waals surface area contributed by atoms with E-state index in [1.54, 1.807) is 7.11 Å². The Labute approximate surface area is 114 Å². The van der Waals surface area contributed by atoms with Crippen LogP contribution in [0, 0.1) is 0 Å². The van der Waals surface area contributed by atoms with E-state index in [4.69, 9.17) is 27.4 Å². The quantitative estimate of drug-likeness (QED) is 0.609. The summed E-state index contributed by atoms with van der Waals surface area (Å²) in [4.78, 5) is 0.414. The molecule has 0 aliphatic carbocycles. The molecule has 0 fully saturated rings. The van der Waals surface area contributed by atoms with Crippen LogP contribution in [0.1, 0.15) is 31.4 Å². The van der Waals surface area contributed by atoms with Gasteiger partial charge in [-0.1, -0.05) is 30.4 Å². The lowest BCUT2D eigenvalue weighted by molar-refractivity contribution is -0.0124. The standard InChI is InChI=1S/C14H21NO2S/c1-14(2,16-3)7-8-17-10-11-5-4-6-12(9-11)13(15)18/h4-6,9H,7-8,10H2,1-3H3,(H2,15,18). The van der Waals surface area contributed by atoms with Crippen LogP contribution in [0.3, 0.4) is 0 Å². The van der Waals surface area contributed by atoms with E-state index < -0.39 is 0 Å². The summed E-state index contributed by atoms with van der Waals surface area (Å²) in [5, 5.41) is 0. The van der Waals surface area contributed by atoms with Crippen molar-refractivity contribution >= 4 is 17.2 Å². The number of methoxy groups -OCH3 is 1. The molecule has 0 aromatic heterocycles. The number of ether oxygens (including phenoxy) is 2. The van der Waals surface area contributed by atoms with E-state index in [1.807, 2.05) is 38.1 Å². The molecule has 0 heterocycles. The molecule has 1 aromatic carbocycles. The Hall–Kier alpha value is -0.970. The van der Waals surface area contributed by atoms with Gasteiger partial charge in [-0.05, 0) is 31.9 Å². The topological polar surface area (TPSA) is 44.5 Å². The molecule has 18 heavy (non-hydrogen) atoms. The first-order valence-corrected chi connectivity index (χ1v) is 6.37. The van der Waals surface area contributed by atoms with E-state index in [0.29, 0.717) is 18.2 Å². The first-order valence-electron chi connectivity index (χ1n) is 5.96. The minimum atomic E-state index is -0.138. The molecule has 0 atom stereocenters. The first-order chi connectivity index (χ1) is 8.44. The number of benzene rings is 1. The second kappa shape index (κ2) is 6.83. The van der Waals surface area contributed by atoms with Gasteiger partial charge in [-0.25, -0.2) is 0 Å². The second-order valence-corrected chi connectivity index (χ2v) is 5.27. The number of rotatable bonds is 7. The average Bonchev–Trinajstić information content (AvgIpc) is 2.35. The molecule has 4 heteroatoms. The molecule has 3 nitrogen and oxygen atoms in total. The molecule has 2 N–H and O–H groups in total. The highest BCUT2D eigenvalue weighted by Crippen LogP contribution is 2.13.